The molecular weight excluding hydrogens is 422 g/mol. The van der Waals surface area contributed by atoms with E-state index in [1.165, 1.54) is 20.8 Å². The summed E-state index contributed by atoms with van der Waals surface area (Å²) in [5, 5.41) is 0. The van der Waals surface area contributed by atoms with E-state index in [1.54, 1.807) is 0 Å². The number of aryl methyl sites for hydroxylation is 3. The molecule has 2 heterocycles. The van der Waals surface area contributed by atoms with Gasteiger partial charge < -0.3 is 0 Å². The highest BCUT2D eigenvalue weighted by atomic mass is 127. The van der Waals surface area contributed by atoms with Gasteiger partial charge in [-0.2, -0.15) is 0 Å². The van der Waals surface area contributed by atoms with Crippen molar-refractivity contribution in [1.29, 1.82) is 0 Å². The van der Waals surface area contributed by atoms with E-state index < -0.39 is 0 Å². The van der Waals surface area contributed by atoms with Crippen LogP contribution in [-0.4, -0.2) is 12.2 Å². The van der Waals surface area contributed by atoms with Crippen molar-refractivity contribution < 1.29 is 0 Å². The molecule has 14 heavy (non-hydrogen) atoms. The van der Waals surface area contributed by atoms with Gasteiger partial charge in [0, 0.05) is 9.30 Å². The fourth-order valence-electron chi connectivity index (χ4n) is 1.54. The Bertz CT molecular complexity index is 473. The van der Waals surface area contributed by atoms with Crippen LogP contribution in [-0.2, 0) is 6.42 Å². The molecule has 0 saturated carbocycles. The lowest BCUT2D eigenvalue weighted by Gasteiger charge is -1.94. The maximum absolute atomic E-state index is 4.61. The van der Waals surface area contributed by atoms with Gasteiger partial charge in [0.05, 0.1) is 22.9 Å². The topological polar surface area (TPSA) is 17.8 Å². The first-order chi connectivity index (χ1) is 6.65. The quantitative estimate of drug-likeness (QED) is 0.521. The highest BCUT2D eigenvalue weighted by Gasteiger charge is 2.14. The standard InChI is InChI=1S/C9H10I2N2S/c1-5-7(3-4-10)8-9(14-5)13(11)6(2)12-8/h3-4H2,1-2H3. The first-order valence-electron chi connectivity index (χ1n) is 4.34. The van der Waals surface area contributed by atoms with Crippen molar-refractivity contribution in [2.75, 3.05) is 4.43 Å². The molecule has 76 valence electrons. The molecule has 2 rings (SSSR count). The number of halogens is 2. The summed E-state index contributed by atoms with van der Waals surface area (Å²) in [7, 11) is 0. The third-order valence-electron chi connectivity index (χ3n) is 2.24. The van der Waals surface area contributed by atoms with Crippen molar-refractivity contribution in [3.63, 3.8) is 0 Å². The summed E-state index contributed by atoms with van der Waals surface area (Å²) < 4.78 is 3.32. The number of hydrogen-bond acceptors (Lipinski definition) is 2. The van der Waals surface area contributed by atoms with Crippen molar-refractivity contribution in [2.24, 2.45) is 0 Å². The third-order valence-corrected chi connectivity index (χ3v) is 5.41. The maximum atomic E-state index is 4.61. The van der Waals surface area contributed by atoms with Crippen LogP contribution in [0.3, 0.4) is 0 Å². The molecule has 2 nitrogen and oxygen atoms in total. The Balaban J connectivity index is 2.69. The highest BCUT2D eigenvalue weighted by molar-refractivity contribution is 14.1. The van der Waals surface area contributed by atoms with Crippen LogP contribution >= 0.6 is 56.8 Å². The molecule has 0 bridgehead atoms. The van der Waals surface area contributed by atoms with Gasteiger partial charge in [-0.1, -0.05) is 22.6 Å². The van der Waals surface area contributed by atoms with Crippen LogP contribution in [0.25, 0.3) is 10.3 Å². The number of aromatic nitrogens is 2. The normalized spacial score (nSPS) is 11.4. The second-order valence-electron chi connectivity index (χ2n) is 3.17. The van der Waals surface area contributed by atoms with Gasteiger partial charge >= 0.3 is 0 Å². The van der Waals surface area contributed by atoms with Crippen LogP contribution in [0.5, 0.6) is 0 Å². The van der Waals surface area contributed by atoms with Gasteiger partial charge in [0.15, 0.2) is 0 Å². The van der Waals surface area contributed by atoms with E-state index in [-0.39, 0.29) is 0 Å². The number of thiophene rings is 1. The summed E-state index contributed by atoms with van der Waals surface area (Å²) in [6.07, 6.45) is 1.14. The minimum absolute atomic E-state index is 1.10. The summed E-state index contributed by atoms with van der Waals surface area (Å²) >= 11 is 6.60. The molecule has 0 N–H and O–H groups in total. The Morgan fingerprint density at radius 1 is 1.43 bits per heavy atom. The van der Waals surface area contributed by atoms with Crippen molar-refractivity contribution in [1.82, 2.24) is 7.76 Å². The first kappa shape index (κ1) is 11.1. The second-order valence-corrected chi connectivity index (χ2v) is 6.42. The van der Waals surface area contributed by atoms with E-state index in [2.05, 4.69) is 67.1 Å². The van der Waals surface area contributed by atoms with Gasteiger partial charge in [0.25, 0.3) is 0 Å². The Morgan fingerprint density at radius 2 is 2.14 bits per heavy atom. The van der Waals surface area contributed by atoms with Gasteiger partial charge in [-0.05, 0) is 25.8 Å². The lowest BCUT2D eigenvalue weighted by atomic mass is 10.2. The number of imidazole rings is 1. The summed E-state index contributed by atoms with van der Waals surface area (Å²) in [6.45, 7) is 4.25. The maximum Gasteiger partial charge on any atom is 0.132 e. The third kappa shape index (κ3) is 1.71. The Morgan fingerprint density at radius 3 is 2.79 bits per heavy atom. The van der Waals surface area contributed by atoms with Gasteiger partial charge in [-0.15, -0.1) is 11.3 Å². The van der Waals surface area contributed by atoms with Crippen LogP contribution in [0, 0.1) is 13.8 Å². The highest BCUT2D eigenvalue weighted by Crippen LogP contribution is 2.32. The van der Waals surface area contributed by atoms with Crippen LogP contribution < -0.4 is 0 Å². The lowest BCUT2D eigenvalue weighted by molar-refractivity contribution is 1.13. The molecule has 0 aromatic carbocycles. The zero-order valence-corrected chi connectivity index (χ0v) is 13.1. The molecule has 0 amide bonds. The molecule has 0 fully saturated rings. The predicted molar refractivity (Wildman–Crippen MR) is 79.1 cm³/mol. The van der Waals surface area contributed by atoms with Crippen LogP contribution in [0.15, 0.2) is 0 Å². The molecular formula is C9H10I2N2S. The molecule has 0 atom stereocenters. The fourth-order valence-corrected chi connectivity index (χ4v) is 3.80. The molecule has 0 unspecified atom stereocenters. The number of alkyl halides is 1. The predicted octanol–water partition coefficient (Wildman–Crippen LogP) is 3.89. The molecule has 0 spiro atoms. The summed E-state index contributed by atoms with van der Waals surface area (Å²) in [6, 6.07) is 0. The zero-order chi connectivity index (χ0) is 10.3. The molecule has 0 aliphatic carbocycles. The minimum atomic E-state index is 1.10. The lowest BCUT2D eigenvalue weighted by Crippen LogP contribution is -1.86. The number of fused-ring (bicyclic) bond motifs is 1. The van der Waals surface area contributed by atoms with E-state index in [9.17, 15) is 0 Å². The fraction of sp³-hybridized carbons (Fsp3) is 0.444. The van der Waals surface area contributed by atoms with Crippen LogP contribution in [0.1, 0.15) is 16.3 Å². The molecule has 0 aliphatic rings. The first-order valence-corrected chi connectivity index (χ1v) is 7.65. The Labute approximate surface area is 115 Å². The van der Waals surface area contributed by atoms with E-state index in [0.29, 0.717) is 0 Å². The monoisotopic (exact) mass is 432 g/mol. The number of rotatable bonds is 2. The van der Waals surface area contributed by atoms with Gasteiger partial charge in [-0.25, -0.2) is 4.98 Å². The Kier molecular flexibility index (Phi) is 3.37. The average molecular weight is 432 g/mol. The minimum Gasteiger partial charge on any atom is -0.259 e. The average Bonchev–Trinajstić information content (AvgIpc) is 2.57. The molecule has 2 aromatic heterocycles. The number of nitrogens with zero attached hydrogens (tertiary/aromatic N) is 2. The van der Waals surface area contributed by atoms with Crippen LogP contribution in [0.2, 0.25) is 0 Å². The summed E-state index contributed by atoms with van der Waals surface area (Å²) in [4.78, 5) is 7.34. The van der Waals surface area contributed by atoms with E-state index in [0.717, 1.165) is 16.7 Å². The Hall–Kier alpha value is 0.630. The molecule has 0 saturated heterocycles. The van der Waals surface area contributed by atoms with Crippen molar-refractivity contribution in [2.45, 2.75) is 20.3 Å². The van der Waals surface area contributed by atoms with E-state index in [4.69, 9.17) is 0 Å². The number of hydrogen-bond donors (Lipinski definition) is 0. The molecule has 2 aromatic rings. The SMILES string of the molecule is Cc1sc2c(nc(C)n2I)c1CCI. The largest absolute Gasteiger partial charge is 0.259 e. The smallest absolute Gasteiger partial charge is 0.132 e. The zero-order valence-electron chi connectivity index (χ0n) is 7.97. The van der Waals surface area contributed by atoms with E-state index in [1.807, 2.05) is 11.3 Å². The summed E-state index contributed by atoms with van der Waals surface area (Å²) in [5.41, 5.74) is 2.66. The van der Waals surface area contributed by atoms with Gasteiger partial charge in [-0.3, -0.25) is 2.78 Å². The molecule has 5 heteroatoms. The van der Waals surface area contributed by atoms with E-state index >= 15 is 0 Å². The molecule has 0 radical (unpaired) electrons. The van der Waals surface area contributed by atoms with Gasteiger partial charge in [0.2, 0.25) is 0 Å². The van der Waals surface area contributed by atoms with Crippen molar-refractivity contribution in [3.05, 3.63) is 16.3 Å². The van der Waals surface area contributed by atoms with Crippen molar-refractivity contribution in [3.8, 4) is 0 Å². The summed E-state index contributed by atoms with van der Waals surface area (Å²) in [5.74, 6) is 1.10. The van der Waals surface area contributed by atoms with Gasteiger partial charge in [0.1, 0.15) is 16.2 Å². The van der Waals surface area contributed by atoms with Crippen LogP contribution in [0.4, 0.5) is 0 Å². The second kappa shape index (κ2) is 4.25. The van der Waals surface area contributed by atoms with Crippen molar-refractivity contribution >= 4 is 67.1 Å². The molecule has 0 aliphatic heterocycles.